The normalized spacial score (nSPS) is 16.0. The van der Waals surface area contributed by atoms with Crippen LogP contribution in [0.2, 0.25) is 18.1 Å². The lowest BCUT2D eigenvalue weighted by Gasteiger charge is -2.40. The third kappa shape index (κ3) is 8.37. The average molecular weight is 317 g/mol. The number of aliphatic hydroxyl groups excluding tert-OH is 1. The van der Waals surface area contributed by atoms with E-state index in [1.165, 1.54) is 25.7 Å². The molecule has 0 heterocycles. The first-order valence-corrected chi connectivity index (χ1v) is 11.9. The van der Waals surface area contributed by atoms with Crippen LogP contribution in [0.3, 0.4) is 0 Å². The molecule has 0 aromatic heterocycles. The van der Waals surface area contributed by atoms with E-state index >= 15 is 0 Å². The number of hydrogen-bond acceptors (Lipinski definition) is 2. The minimum atomic E-state index is -1.80. The maximum absolute atomic E-state index is 10.5. The van der Waals surface area contributed by atoms with Crippen molar-refractivity contribution in [3.05, 3.63) is 0 Å². The van der Waals surface area contributed by atoms with Gasteiger partial charge in [0.1, 0.15) is 0 Å². The van der Waals surface area contributed by atoms with Crippen LogP contribution in [0.1, 0.15) is 86.0 Å². The van der Waals surface area contributed by atoms with Crippen LogP contribution in [0.4, 0.5) is 0 Å². The van der Waals surface area contributed by atoms with E-state index in [1.54, 1.807) is 0 Å². The third-order valence-electron chi connectivity index (χ3n) is 4.88. The van der Waals surface area contributed by atoms with Gasteiger partial charge in [0, 0.05) is 0 Å². The van der Waals surface area contributed by atoms with Crippen molar-refractivity contribution in [3.63, 3.8) is 0 Å². The van der Waals surface area contributed by atoms with Crippen LogP contribution in [-0.2, 0) is 4.43 Å². The predicted molar refractivity (Wildman–Crippen MR) is 96.4 cm³/mol. The first-order valence-electron chi connectivity index (χ1n) is 9.01. The lowest BCUT2D eigenvalue weighted by atomic mass is 10.0. The number of unbranched alkanes of at least 4 members (excludes halogenated alkanes) is 4. The molecule has 0 amide bonds. The van der Waals surface area contributed by atoms with Gasteiger partial charge in [0.05, 0.1) is 12.2 Å². The van der Waals surface area contributed by atoms with Crippen molar-refractivity contribution < 1.29 is 9.53 Å². The van der Waals surface area contributed by atoms with Crippen LogP contribution >= 0.6 is 0 Å². The predicted octanol–water partition coefficient (Wildman–Crippen LogP) is 5.90. The second-order valence-electron chi connectivity index (χ2n) is 7.98. The summed E-state index contributed by atoms with van der Waals surface area (Å²) >= 11 is 0. The minimum Gasteiger partial charge on any atom is -0.411 e. The fraction of sp³-hybridized carbons (Fsp3) is 1.00. The molecular formula is C18H40O2Si. The van der Waals surface area contributed by atoms with Crippen molar-refractivity contribution in [1.82, 2.24) is 0 Å². The van der Waals surface area contributed by atoms with Crippen LogP contribution in [0.15, 0.2) is 0 Å². The Labute approximate surface area is 134 Å². The Kier molecular flexibility index (Phi) is 10.1. The molecule has 0 saturated carbocycles. The Hall–Kier alpha value is 0.137. The summed E-state index contributed by atoms with van der Waals surface area (Å²) < 4.78 is 6.53. The molecule has 2 nitrogen and oxygen atoms in total. The molecule has 2 atom stereocenters. The second-order valence-corrected chi connectivity index (χ2v) is 12.7. The Morgan fingerprint density at radius 2 is 1.48 bits per heavy atom. The van der Waals surface area contributed by atoms with Gasteiger partial charge in [0.25, 0.3) is 0 Å². The van der Waals surface area contributed by atoms with E-state index in [2.05, 4.69) is 47.7 Å². The molecule has 0 unspecified atom stereocenters. The van der Waals surface area contributed by atoms with Gasteiger partial charge in [0.2, 0.25) is 0 Å². The van der Waals surface area contributed by atoms with Crippen LogP contribution in [0.25, 0.3) is 0 Å². The third-order valence-corrected chi connectivity index (χ3v) is 9.38. The highest BCUT2D eigenvalue weighted by Gasteiger charge is 2.40. The lowest BCUT2D eigenvalue weighted by molar-refractivity contribution is 0.0151. The van der Waals surface area contributed by atoms with E-state index in [4.69, 9.17) is 4.43 Å². The number of hydrogen-bond donors (Lipinski definition) is 1. The SMILES string of the molecule is CCCCCC[C@H](O[Si](C)(C)C(C)(C)C)[C@H](O)CCCC. The Balaban J connectivity index is 4.63. The van der Waals surface area contributed by atoms with E-state index in [1.807, 2.05) is 0 Å². The zero-order valence-electron chi connectivity index (χ0n) is 15.7. The van der Waals surface area contributed by atoms with Gasteiger partial charge in [-0.15, -0.1) is 0 Å². The van der Waals surface area contributed by atoms with Crippen molar-refractivity contribution in [2.24, 2.45) is 0 Å². The van der Waals surface area contributed by atoms with Crippen LogP contribution < -0.4 is 0 Å². The first kappa shape index (κ1) is 21.1. The highest BCUT2D eigenvalue weighted by molar-refractivity contribution is 6.74. The van der Waals surface area contributed by atoms with Gasteiger partial charge in [-0.1, -0.05) is 73.1 Å². The summed E-state index contributed by atoms with van der Waals surface area (Å²) in [6.07, 6.45) is 8.85. The highest BCUT2D eigenvalue weighted by atomic mass is 28.4. The molecule has 0 aromatic rings. The van der Waals surface area contributed by atoms with Crippen molar-refractivity contribution >= 4 is 8.32 Å². The fourth-order valence-electron chi connectivity index (χ4n) is 2.26. The number of rotatable bonds is 11. The minimum absolute atomic E-state index is 0.0364. The summed E-state index contributed by atoms with van der Waals surface area (Å²) in [5.74, 6) is 0. The van der Waals surface area contributed by atoms with E-state index in [0.29, 0.717) is 0 Å². The Morgan fingerprint density at radius 3 is 1.95 bits per heavy atom. The Morgan fingerprint density at radius 1 is 0.905 bits per heavy atom. The Bertz CT molecular complexity index is 258. The van der Waals surface area contributed by atoms with Crippen molar-refractivity contribution in [2.75, 3.05) is 0 Å². The molecule has 0 aliphatic rings. The van der Waals surface area contributed by atoms with Gasteiger partial charge in [-0.05, 0) is 31.0 Å². The molecule has 21 heavy (non-hydrogen) atoms. The molecule has 0 aromatic carbocycles. The second kappa shape index (κ2) is 10.0. The van der Waals surface area contributed by atoms with Gasteiger partial charge >= 0.3 is 0 Å². The van der Waals surface area contributed by atoms with Crippen LogP contribution in [0.5, 0.6) is 0 Å². The van der Waals surface area contributed by atoms with Gasteiger partial charge in [-0.2, -0.15) is 0 Å². The molecule has 0 fully saturated rings. The van der Waals surface area contributed by atoms with Gasteiger partial charge in [-0.25, -0.2) is 0 Å². The standard InChI is InChI=1S/C18H40O2Si/c1-8-10-12-13-15-17(16(19)14-11-9-2)20-21(6,7)18(3,4)5/h16-17,19H,8-15H2,1-7H3/t16-,17+/m1/s1. The summed E-state index contributed by atoms with van der Waals surface area (Å²) in [4.78, 5) is 0. The number of aliphatic hydroxyl groups is 1. The van der Waals surface area contributed by atoms with E-state index < -0.39 is 8.32 Å². The average Bonchev–Trinajstić information content (AvgIpc) is 2.38. The smallest absolute Gasteiger partial charge is 0.192 e. The monoisotopic (exact) mass is 316 g/mol. The van der Waals surface area contributed by atoms with Crippen molar-refractivity contribution in [2.45, 2.75) is 116 Å². The summed E-state index contributed by atoms with van der Waals surface area (Å²) in [5.41, 5.74) is 0. The quantitative estimate of drug-likeness (QED) is 0.380. The molecule has 0 radical (unpaired) electrons. The van der Waals surface area contributed by atoms with Crippen LogP contribution in [0, 0.1) is 0 Å². The zero-order chi connectivity index (χ0) is 16.5. The fourth-order valence-corrected chi connectivity index (χ4v) is 3.64. The zero-order valence-corrected chi connectivity index (χ0v) is 16.7. The van der Waals surface area contributed by atoms with Gasteiger partial charge < -0.3 is 9.53 Å². The molecule has 0 saturated heterocycles. The summed E-state index contributed by atoms with van der Waals surface area (Å²) in [5, 5.41) is 10.7. The maximum atomic E-state index is 10.5. The largest absolute Gasteiger partial charge is 0.411 e. The van der Waals surface area contributed by atoms with E-state index in [-0.39, 0.29) is 17.2 Å². The van der Waals surface area contributed by atoms with Crippen molar-refractivity contribution in [3.8, 4) is 0 Å². The van der Waals surface area contributed by atoms with E-state index in [0.717, 1.165) is 25.7 Å². The van der Waals surface area contributed by atoms with Crippen LogP contribution in [-0.4, -0.2) is 25.6 Å². The molecule has 0 aliphatic heterocycles. The summed E-state index contributed by atoms with van der Waals surface area (Å²) in [6.45, 7) is 15.8. The maximum Gasteiger partial charge on any atom is 0.192 e. The molecule has 0 spiro atoms. The van der Waals surface area contributed by atoms with Gasteiger partial charge in [0.15, 0.2) is 8.32 Å². The first-order chi connectivity index (χ1) is 9.65. The molecule has 0 aliphatic carbocycles. The molecule has 128 valence electrons. The van der Waals surface area contributed by atoms with Crippen molar-refractivity contribution in [1.29, 1.82) is 0 Å². The molecule has 3 heteroatoms. The van der Waals surface area contributed by atoms with E-state index in [9.17, 15) is 5.11 Å². The van der Waals surface area contributed by atoms with Gasteiger partial charge in [-0.3, -0.25) is 0 Å². The summed E-state index contributed by atoms with van der Waals surface area (Å²) in [6, 6.07) is 0. The molecule has 0 bridgehead atoms. The lowest BCUT2D eigenvalue weighted by Crippen LogP contribution is -2.47. The topological polar surface area (TPSA) is 29.5 Å². The highest BCUT2D eigenvalue weighted by Crippen LogP contribution is 2.38. The molecular weight excluding hydrogens is 276 g/mol. The summed E-state index contributed by atoms with van der Waals surface area (Å²) in [7, 11) is -1.80. The molecule has 1 N–H and O–H groups in total. The molecule has 0 rings (SSSR count).